The molecule has 1 aromatic rings. The van der Waals surface area contributed by atoms with Crippen LogP contribution < -0.4 is 14.8 Å². The molecule has 2 fully saturated rings. The SMILES string of the molecule is CCCCOc1ccc(/C=C/C(=O)NC2CCN(C(=O)C3CCCCC3)CC2)cc1OC. The number of piperidine rings is 1. The number of amides is 2. The molecule has 32 heavy (non-hydrogen) atoms. The molecule has 1 saturated heterocycles. The Morgan fingerprint density at radius 2 is 1.84 bits per heavy atom. The van der Waals surface area contributed by atoms with Crippen molar-refractivity contribution in [2.24, 2.45) is 5.92 Å². The van der Waals surface area contributed by atoms with Gasteiger partial charge in [-0.3, -0.25) is 9.59 Å². The van der Waals surface area contributed by atoms with E-state index in [2.05, 4.69) is 12.2 Å². The maximum absolute atomic E-state index is 12.7. The average molecular weight is 443 g/mol. The second-order valence-corrected chi connectivity index (χ2v) is 8.89. The van der Waals surface area contributed by atoms with E-state index in [9.17, 15) is 9.59 Å². The summed E-state index contributed by atoms with van der Waals surface area (Å²) in [5, 5.41) is 3.08. The predicted octanol–water partition coefficient (Wildman–Crippen LogP) is 4.57. The number of carbonyl (C=O) groups excluding carboxylic acids is 2. The van der Waals surface area contributed by atoms with Gasteiger partial charge < -0.3 is 19.7 Å². The smallest absolute Gasteiger partial charge is 0.244 e. The van der Waals surface area contributed by atoms with Crippen molar-refractivity contribution in [1.29, 1.82) is 0 Å². The first-order valence-corrected chi connectivity index (χ1v) is 12.2. The molecule has 1 saturated carbocycles. The molecule has 176 valence electrons. The number of likely N-dealkylation sites (tertiary alicyclic amines) is 1. The number of methoxy groups -OCH3 is 1. The van der Waals surface area contributed by atoms with E-state index in [0.717, 1.165) is 62.9 Å². The van der Waals surface area contributed by atoms with Crippen LogP contribution in [-0.4, -0.2) is 49.6 Å². The van der Waals surface area contributed by atoms with Crippen LogP contribution in [0.2, 0.25) is 0 Å². The lowest BCUT2D eigenvalue weighted by atomic mass is 9.87. The van der Waals surface area contributed by atoms with Gasteiger partial charge in [0.1, 0.15) is 0 Å². The molecule has 2 amide bonds. The van der Waals surface area contributed by atoms with Crippen molar-refractivity contribution in [2.45, 2.75) is 70.8 Å². The number of hydrogen-bond acceptors (Lipinski definition) is 4. The van der Waals surface area contributed by atoms with Crippen LogP contribution in [0, 0.1) is 5.92 Å². The third-order valence-electron chi connectivity index (χ3n) is 6.48. The van der Waals surface area contributed by atoms with E-state index in [-0.39, 0.29) is 17.9 Å². The molecule has 0 spiro atoms. The lowest BCUT2D eigenvalue weighted by Gasteiger charge is -2.35. The number of hydrogen-bond donors (Lipinski definition) is 1. The lowest BCUT2D eigenvalue weighted by Crippen LogP contribution is -2.48. The summed E-state index contributed by atoms with van der Waals surface area (Å²) in [6, 6.07) is 5.79. The molecule has 6 nitrogen and oxygen atoms in total. The molecule has 0 atom stereocenters. The number of rotatable bonds is 9. The number of ether oxygens (including phenoxy) is 2. The highest BCUT2D eigenvalue weighted by atomic mass is 16.5. The highest BCUT2D eigenvalue weighted by Crippen LogP contribution is 2.29. The molecular formula is C26H38N2O4. The van der Waals surface area contributed by atoms with E-state index < -0.39 is 0 Å². The van der Waals surface area contributed by atoms with Crippen LogP contribution in [0.1, 0.15) is 70.3 Å². The van der Waals surface area contributed by atoms with Crippen LogP contribution >= 0.6 is 0 Å². The van der Waals surface area contributed by atoms with Crippen molar-refractivity contribution in [3.8, 4) is 11.5 Å². The number of nitrogens with one attached hydrogen (secondary N) is 1. The zero-order valence-electron chi connectivity index (χ0n) is 19.6. The fraction of sp³-hybridized carbons (Fsp3) is 0.615. The Balaban J connectivity index is 1.45. The first kappa shape index (κ1) is 24.1. The fourth-order valence-electron chi connectivity index (χ4n) is 4.51. The largest absolute Gasteiger partial charge is 0.493 e. The Labute approximate surface area is 192 Å². The maximum atomic E-state index is 12.7. The molecule has 2 aliphatic rings. The quantitative estimate of drug-likeness (QED) is 0.449. The van der Waals surface area contributed by atoms with Gasteiger partial charge in [0.05, 0.1) is 13.7 Å². The molecule has 1 aliphatic heterocycles. The monoisotopic (exact) mass is 442 g/mol. The highest BCUT2D eigenvalue weighted by Gasteiger charge is 2.29. The second-order valence-electron chi connectivity index (χ2n) is 8.89. The predicted molar refractivity (Wildman–Crippen MR) is 127 cm³/mol. The molecule has 1 heterocycles. The van der Waals surface area contributed by atoms with Gasteiger partial charge in [-0.15, -0.1) is 0 Å². The van der Waals surface area contributed by atoms with Gasteiger partial charge in [0.2, 0.25) is 11.8 Å². The second kappa shape index (κ2) is 12.5. The number of carbonyl (C=O) groups is 2. The van der Waals surface area contributed by atoms with Gasteiger partial charge in [-0.2, -0.15) is 0 Å². The van der Waals surface area contributed by atoms with E-state index in [1.54, 1.807) is 19.3 Å². The first-order valence-electron chi connectivity index (χ1n) is 12.2. The van der Waals surface area contributed by atoms with Crippen LogP contribution in [0.5, 0.6) is 11.5 Å². The molecule has 6 heteroatoms. The lowest BCUT2D eigenvalue weighted by molar-refractivity contribution is -0.137. The molecule has 0 radical (unpaired) electrons. The summed E-state index contributed by atoms with van der Waals surface area (Å²) in [7, 11) is 1.62. The van der Waals surface area contributed by atoms with E-state index in [4.69, 9.17) is 9.47 Å². The molecular weight excluding hydrogens is 404 g/mol. The van der Waals surface area contributed by atoms with Crippen molar-refractivity contribution in [1.82, 2.24) is 10.2 Å². The summed E-state index contributed by atoms with van der Waals surface area (Å²) in [5.41, 5.74) is 0.882. The molecule has 1 N–H and O–H groups in total. The minimum absolute atomic E-state index is 0.107. The Morgan fingerprint density at radius 1 is 1.09 bits per heavy atom. The summed E-state index contributed by atoms with van der Waals surface area (Å²) in [4.78, 5) is 27.1. The standard InChI is InChI=1S/C26H38N2O4/c1-3-4-18-32-23-12-10-20(19-24(23)31-2)11-13-25(29)27-22-14-16-28(17-15-22)26(30)21-8-6-5-7-9-21/h10-13,19,21-22H,3-9,14-18H2,1-2H3,(H,27,29)/b13-11+. The summed E-state index contributed by atoms with van der Waals surface area (Å²) in [6.07, 6.45) is 12.7. The van der Waals surface area contributed by atoms with Crippen molar-refractivity contribution in [3.63, 3.8) is 0 Å². The molecule has 1 aromatic carbocycles. The van der Waals surface area contributed by atoms with Crippen molar-refractivity contribution < 1.29 is 19.1 Å². The number of benzene rings is 1. The van der Waals surface area contributed by atoms with E-state index in [1.165, 1.54) is 19.3 Å². The Kier molecular flexibility index (Phi) is 9.44. The minimum atomic E-state index is -0.107. The minimum Gasteiger partial charge on any atom is -0.493 e. The van der Waals surface area contributed by atoms with E-state index in [1.807, 2.05) is 23.1 Å². The van der Waals surface area contributed by atoms with Gasteiger partial charge in [0, 0.05) is 31.1 Å². The van der Waals surface area contributed by atoms with Crippen molar-refractivity contribution in [2.75, 3.05) is 26.8 Å². The van der Waals surface area contributed by atoms with Crippen LogP contribution in [-0.2, 0) is 9.59 Å². The number of unbranched alkanes of at least 4 members (excludes halogenated alkanes) is 1. The maximum Gasteiger partial charge on any atom is 0.244 e. The van der Waals surface area contributed by atoms with Crippen molar-refractivity contribution in [3.05, 3.63) is 29.8 Å². The van der Waals surface area contributed by atoms with Gasteiger partial charge in [0.15, 0.2) is 11.5 Å². The normalized spacial score (nSPS) is 18.0. The average Bonchev–Trinajstić information content (AvgIpc) is 2.84. The topological polar surface area (TPSA) is 67.9 Å². The third kappa shape index (κ3) is 7.01. The first-order chi connectivity index (χ1) is 15.6. The molecule has 1 aliphatic carbocycles. The zero-order valence-corrected chi connectivity index (χ0v) is 19.6. The van der Waals surface area contributed by atoms with Crippen LogP contribution in [0.25, 0.3) is 6.08 Å². The van der Waals surface area contributed by atoms with Gasteiger partial charge in [0.25, 0.3) is 0 Å². The van der Waals surface area contributed by atoms with E-state index >= 15 is 0 Å². The summed E-state index contributed by atoms with van der Waals surface area (Å²) in [5.74, 6) is 1.82. The summed E-state index contributed by atoms with van der Waals surface area (Å²) in [6.45, 7) is 4.26. The van der Waals surface area contributed by atoms with Crippen molar-refractivity contribution >= 4 is 17.9 Å². The van der Waals surface area contributed by atoms with Gasteiger partial charge in [-0.05, 0) is 55.9 Å². The Hall–Kier alpha value is -2.50. The van der Waals surface area contributed by atoms with Gasteiger partial charge in [-0.25, -0.2) is 0 Å². The fourth-order valence-corrected chi connectivity index (χ4v) is 4.51. The van der Waals surface area contributed by atoms with E-state index in [0.29, 0.717) is 18.3 Å². The van der Waals surface area contributed by atoms with Gasteiger partial charge >= 0.3 is 0 Å². The molecule has 0 aromatic heterocycles. The summed E-state index contributed by atoms with van der Waals surface area (Å²) < 4.78 is 11.2. The number of nitrogens with zero attached hydrogens (tertiary/aromatic N) is 1. The zero-order chi connectivity index (χ0) is 22.8. The van der Waals surface area contributed by atoms with Crippen LogP contribution in [0.3, 0.4) is 0 Å². The third-order valence-corrected chi connectivity index (χ3v) is 6.48. The van der Waals surface area contributed by atoms with Crippen LogP contribution in [0.15, 0.2) is 24.3 Å². The Bertz CT molecular complexity index is 778. The molecule has 0 unspecified atom stereocenters. The highest BCUT2D eigenvalue weighted by molar-refractivity contribution is 5.92. The molecule has 3 rings (SSSR count). The summed E-state index contributed by atoms with van der Waals surface area (Å²) >= 11 is 0. The Morgan fingerprint density at radius 3 is 2.53 bits per heavy atom. The van der Waals surface area contributed by atoms with Crippen LogP contribution in [0.4, 0.5) is 0 Å². The van der Waals surface area contributed by atoms with Gasteiger partial charge in [-0.1, -0.05) is 38.7 Å². The molecule has 0 bridgehead atoms.